The van der Waals surface area contributed by atoms with E-state index < -0.39 is 12.1 Å². The number of benzene rings is 1. The lowest BCUT2D eigenvalue weighted by Crippen LogP contribution is -2.27. The van der Waals surface area contributed by atoms with Crippen LogP contribution in [0.15, 0.2) is 18.2 Å². The van der Waals surface area contributed by atoms with Crippen LogP contribution in [-0.4, -0.2) is 34.3 Å². The maximum Gasteiger partial charge on any atom is 0.339 e. The zero-order chi connectivity index (χ0) is 14.0. The molecule has 6 nitrogen and oxygen atoms in total. The third kappa shape index (κ3) is 3.03. The molecule has 0 spiro atoms. The van der Waals surface area contributed by atoms with Gasteiger partial charge in [-0.05, 0) is 31.9 Å². The average Bonchev–Trinajstić information content (AvgIpc) is 2.75. The third-order valence-corrected chi connectivity index (χ3v) is 3.02. The van der Waals surface area contributed by atoms with E-state index in [1.54, 1.807) is 0 Å². The fourth-order valence-electron chi connectivity index (χ4n) is 2.01. The van der Waals surface area contributed by atoms with E-state index in [2.05, 4.69) is 5.32 Å². The van der Waals surface area contributed by atoms with Gasteiger partial charge >= 0.3 is 5.97 Å². The molecule has 2 rings (SSSR count). The Morgan fingerprint density at radius 2 is 2.11 bits per heavy atom. The number of hydrogen-bond acceptors (Lipinski definition) is 4. The van der Waals surface area contributed by atoms with Crippen molar-refractivity contribution in [3.63, 3.8) is 0 Å². The van der Waals surface area contributed by atoms with Crippen LogP contribution in [0.5, 0.6) is 5.75 Å². The van der Waals surface area contributed by atoms with E-state index in [-0.39, 0.29) is 23.3 Å². The van der Waals surface area contributed by atoms with Crippen LogP contribution in [0.4, 0.5) is 5.69 Å². The molecular weight excluding hydrogens is 250 g/mol. The molecule has 1 aromatic rings. The molecule has 0 radical (unpaired) electrons. The van der Waals surface area contributed by atoms with Crippen LogP contribution in [0.1, 0.15) is 30.1 Å². The summed E-state index contributed by atoms with van der Waals surface area (Å²) >= 11 is 0. The van der Waals surface area contributed by atoms with Gasteiger partial charge in [0.05, 0.1) is 6.10 Å². The van der Waals surface area contributed by atoms with Gasteiger partial charge in [-0.2, -0.15) is 0 Å². The molecule has 2 unspecified atom stereocenters. The van der Waals surface area contributed by atoms with E-state index in [1.807, 2.05) is 6.92 Å². The minimum absolute atomic E-state index is 0.0681. The summed E-state index contributed by atoms with van der Waals surface area (Å²) < 4.78 is 5.42. The van der Waals surface area contributed by atoms with Crippen molar-refractivity contribution >= 4 is 17.6 Å². The summed E-state index contributed by atoms with van der Waals surface area (Å²) in [6, 6.07) is 3.88. The molecule has 1 heterocycles. The first-order valence-electron chi connectivity index (χ1n) is 6.00. The number of aromatic carboxylic acids is 1. The Kier molecular flexibility index (Phi) is 3.71. The minimum atomic E-state index is -1.22. The molecule has 19 heavy (non-hydrogen) atoms. The first-order chi connectivity index (χ1) is 8.97. The Morgan fingerprint density at radius 1 is 1.37 bits per heavy atom. The van der Waals surface area contributed by atoms with Gasteiger partial charge in [0.2, 0.25) is 0 Å². The third-order valence-electron chi connectivity index (χ3n) is 3.02. The number of carboxylic acids is 1. The molecule has 0 bridgehead atoms. The Hall–Kier alpha value is -2.08. The fourth-order valence-corrected chi connectivity index (χ4v) is 2.01. The van der Waals surface area contributed by atoms with E-state index >= 15 is 0 Å². The smallest absolute Gasteiger partial charge is 0.339 e. The van der Waals surface area contributed by atoms with Gasteiger partial charge in [-0.1, -0.05) is 0 Å². The minimum Gasteiger partial charge on any atom is -0.507 e. The number of nitrogens with one attached hydrogen (secondary N) is 1. The number of aromatic hydroxyl groups is 1. The van der Waals surface area contributed by atoms with Gasteiger partial charge in [-0.15, -0.1) is 0 Å². The van der Waals surface area contributed by atoms with Gasteiger partial charge in [-0.25, -0.2) is 4.79 Å². The number of carbonyl (C=O) groups excluding carboxylic acids is 1. The zero-order valence-electron chi connectivity index (χ0n) is 10.4. The van der Waals surface area contributed by atoms with Gasteiger partial charge in [-0.3, -0.25) is 4.79 Å². The number of anilines is 1. The SMILES string of the molecule is CC1CCC(C(=O)Nc2ccc(C(=O)O)c(O)c2)O1. The van der Waals surface area contributed by atoms with Gasteiger partial charge in [0.15, 0.2) is 0 Å². The van der Waals surface area contributed by atoms with Gasteiger partial charge in [0, 0.05) is 11.8 Å². The quantitative estimate of drug-likeness (QED) is 0.771. The number of hydrogen-bond donors (Lipinski definition) is 3. The van der Waals surface area contributed by atoms with E-state index in [4.69, 9.17) is 9.84 Å². The van der Waals surface area contributed by atoms with E-state index in [0.717, 1.165) is 6.42 Å². The molecule has 0 aromatic heterocycles. The molecule has 1 aliphatic heterocycles. The highest BCUT2D eigenvalue weighted by molar-refractivity contribution is 5.96. The summed E-state index contributed by atoms with van der Waals surface area (Å²) in [5, 5.41) is 20.9. The maximum absolute atomic E-state index is 11.9. The normalized spacial score (nSPS) is 22.2. The van der Waals surface area contributed by atoms with E-state index in [0.29, 0.717) is 12.1 Å². The highest BCUT2D eigenvalue weighted by atomic mass is 16.5. The van der Waals surface area contributed by atoms with Gasteiger partial charge < -0.3 is 20.3 Å². The molecule has 1 aromatic carbocycles. The van der Waals surface area contributed by atoms with Crippen LogP contribution < -0.4 is 5.32 Å². The van der Waals surface area contributed by atoms with Crippen LogP contribution in [0.3, 0.4) is 0 Å². The average molecular weight is 265 g/mol. The molecule has 1 aliphatic rings. The second-order valence-corrected chi connectivity index (χ2v) is 4.54. The van der Waals surface area contributed by atoms with Crippen LogP contribution in [0.25, 0.3) is 0 Å². The molecule has 1 saturated heterocycles. The summed E-state index contributed by atoms with van der Waals surface area (Å²) in [6.45, 7) is 1.90. The van der Waals surface area contributed by atoms with Crippen LogP contribution in [0.2, 0.25) is 0 Å². The first kappa shape index (κ1) is 13.4. The van der Waals surface area contributed by atoms with Crippen molar-refractivity contribution < 1.29 is 24.5 Å². The lowest BCUT2D eigenvalue weighted by atomic mass is 10.1. The molecule has 0 saturated carbocycles. The van der Waals surface area contributed by atoms with Crippen LogP contribution in [-0.2, 0) is 9.53 Å². The van der Waals surface area contributed by atoms with Crippen LogP contribution >= 0.6 is 0 Å². The monoisotopic (exact) mass is 265 g/mol. The van der Waals surface area contributed by atoms with E-state index in [9.17, 15) is 14.7 Å². The zero-order valence-corrected chi connectivity index (χ0v) is 10.4. The lowest BCUT2D eigenvalue weighted by Gasteiger charge is -2.12. The molecule has 1 amide bonds. The Balaban J connectivity index is 2.05. The van der Waals surface area contributed by atoms with Crippen molar-refractivity contribution in [3.05, 3.63) is 23.8 Å². The summed E-state index contributed by atoms with van der Waals surface area (Å²) in [6.07, 6.45) is 1.07. The Morgan fingerprint density at radius 3 is 2.63 bits per heavy atom. The molecular formula is C13H15NO5. The predicted molar refractivity (Wildman–Crippen MR) is 67.3 cm³/mol. The van der Waals surface area contributed by atoms with Crippen molar-refractivity contribution in [2.24, 2.45) is 0 Å². The van der Waals surface area contributed by atoms with Crippen molar-refractivity contribution in [1.82, 2.24) is 0 Å². The highest BCUT2D eigenvalue weighted by Gasteiger charge is 2.28. The number of carboxylic acid groups (broad SMARTS) is 1. The standard InChI is InChI=1S/C13H15NO5/c1-7-2-5-11(19-7)12(16)14-8-3-4-9(13(17)18)10(15)6-8/h3-4,6-7,11,15H,2,5H2,1H3,(H,14,16)(H,17,18). The van der Waals surface area contributed by atoms with Gasteiger partial charge in [0.25, 0.3) is 5.91 Å². The van der Waals surface area contributed by atoms with Crippen molar-refractivity contribution in [1.29, 1.82) is 0 Å². The summed E-state index contributed by atoms with van der Waals surface area (Å²) in [4.78, 5) is 22.6. The number of amides is 1. The summed E-state index contributed by atoms with van der Waals surface area (Å²) in [7, 11) is 0. The Bertz CT molecular complexity index is 514. The second kappa shape index (κ2) is 5.27. The highest BCUT2D eigenvalue weighted by Crippen LogP contribution is 2.24. The number of carbonyl (C=O) groups is 2. The maximum atomic E-state index is 11.9. The number of phenols is 1. The van der Waals surface area contributed by atoms with Crippen molar-refractivity contribution in [3.8, 4) is 5.75 Å². The Labute approximate surface area is 110 Å². The fraction of sp³-hybridized carbons (Fsp3) is 0.385. The van der Waals surface area contributed by atoms with E-state index in [1.165, 1.54) is 18.2 Å². The number of ether oxygens (including phenoxy) is 1. The lowest BCUT2D eigenvalue weighted by molar-refractivity contribution is -0.126. The van der Waals surface area contributed by atoms with Crippen molar-refractivity contribution in [2.45, 2.75) is 32.0 Å². The molecule has 102 valence electrons. The van der Waals surface area contributed by atoms with Crippen molar-refractivity contribution in [2.75, 3.05) is 5.32 Å². The topological polar surface area (TPSA) is 95.9 Å². The second-order valence-electron chi connectivity index (χ2n) is 4.54. The summed E-state index contributed by atoms with van der Waals surface area (Å²) in [5.74, 6) is -1.89. The van der Waals surface area contributed by atoms with Crippen LogP contribution in [0, 0.1) is 0 Å². The first-order valence-corrected chi connectivity index (χ1v) is 6.00. The van der Waals surface area contributed by atoms with Gasteiger partial charge in [0.1, 0.15) is 17.4 Å². The number of rotatable bonds is 3. The molecule has 3 N–H and O–H groups in total. The molecule has 1 fully saturated rings. The largest absolute Gasteiger partial charge is 0.507 e. The predicted octanol–water partition coefficient (Wildman–Crippen LogP) is 1.60. The molecule has 0 aliphatic carbocycles. The summed E-state index contributed by atoms with van der Waals surface area (Å²) in [5.41, 5.74) is 0.138. The molecule has 6 heteroatoms. The molecule has 2 atom stereocenters.